The minimum Gasteiger partial charge on any atom is -0.368 e. The number of nitrogens with zero attached hydrogens (tertiary/aromatic N) is 1. The molecule has 1 unspecified atom stereocenters. The summed E-state index contributed by atoms with van der Waals surface area (Å²) in [6.45, 7) is 2.37. The number of primary amides is 1. The number of carbonyl (C=O) groups excluding carboxylic acids is 1. The Labute approximate surface area is 120 Å². The summed E-state index contributed by atoms with van der Waals surface area (Å²) in [6, 6.07) is 7.48. The summed E-state index contributed by atoms with van der Waals surface area (Å²) in [5.41, 5.74) is 5.81. The van der Waals surface area contributed by atoms with E-state index in [0.717, 1.165) is 12.8 Å². The van der Waals surface area contributed by atoms with Gasteiger partial charge in [-0.05, 0) is 12.0 Å². The molecule has 0 saturated heterocycles. The third-order valence-corrected chi connectivity index (χ3v) is 4.46. The van der Waals surface area contributed by atoms with Gasteiger partial charge in [-0.25, -0.2) is 0 Å². The second-order valence-corrected chi connectivity index (χ2v) is 6.35. The van der Waals surface area contributed by atoms with Gasteiger partial charge in [0.2, 0.25) is 5.91 Å². The van der Waals surface area contributed by atoms with E-state index in [1.165, 1.54) is 11.4 Å². The Balaban J connectivity index is 2.88. The highest BCUT2D eigenvalue weighted by atomic mass is 32.2. The van der Waals surface area contributed by atoms with Crippen LogP contribution in [0.3, 0.4) is 0 Å². The van der Waals surface area contributed by atoms with Crippen molar-refractivity contribution in [2.24, 2.45) is 5.73 Å². The van der Waals surface area contributed by atoms with Crippen molar-refractivity contribution >= 4 is 16.1 Å². The zero-order chi connectivity index (χ0) is 15.2. The summed E-state index contributed by atoms with van der Waals surface area (Å²) in [5, 5.41) is 0. The van der Waals surface area contributed by atoms with Crippen LogP contribution >= 0.6 is 0 Å². The van der Waals surface area contributed by atoms with Gasteiger partial charge in [-0.15, -0.1) is 0 Å². The van der Waals surface area contributed by atoms with Crippen LogP contribution in [0, 0.1) is 0 Å². The first-order valence-corrected chi connectivity index (χ1v) is 7.90. The molecule has 1 amide bonds. The quantitative estimate of drug-likeness (QED) is 0.743. The lowest BCUT2D eigenvalue weighted by Gasteiger charge is -2.21. The first-order valence-electron chi connectivity index (χ1n) is 6.46. The number of carbonyl (C=O) groups is 1. The van der Waals surface area contributed by atoms with Crippen molar-refractivity contribution in [3.63, 3.8) is 0 Å². The molecule has 1 aromatic rings. The Morgan fingerprint density at radius 3 is 2.45 bits per heavy atom. The smallest absolute Gasteiger partial charge is 0.280 e. The number of hydrogen-bond donors (Lipinski definition) is 2. The van der Waals surface area contributed by atoms with Crippen molar-refractivity contribution in [2.75, 3.05) is 13.6 Å². The van der Waals surface area contributed by atoms with E-state index < -0.39 is 22.2 Å². The van der Waals surface area contributed by atoms with E-state index in [4.69, 9.17) is 5.73 Å². The molecule has 112 valence electrons. The first-order chi connectivity index (χ1) is 9.38. The summed E-state index contributed by atoms with van der Waals surface area (Å²) in [7, 11) is -2.27. The van der Waals surface area contributed by atoms with Crippen LogP contribution in [-0.2, 0) is 15.0 Å². The molecule has 0 saturated carbocycles. The van der Waals surface area contributed by atoms with Gasteiger partial charge in [0.05, 0.1) is 0 Å². The van der Waals surface area contributed by atoms with Crippen LogP contribution in [0.1, 0.15) is 31.4 Å². The van der Waals surface area contributed by atoms with E-state index in [1.54, 1.807) is 30.3 Å². The second kappa shape index (κ2) is 7.37. The predicted molar refractivity (Wildman–Crippen MR) is 78.0 cm³/mol. The molecule has 3 N–H and O–H groups in total. The van der Waals surface area contributed by atoms with E-state index in [-0.39, 0.29) is 0 Å². The Bertz CT molecular complexity index is 531. The highest BCUT2D eigenvalue weighted by Gasteiger charge is 2.26. The molecule has 1 rings (SSSR count). The fourth-order valence-corrected chi connectivity index (χ4v) is 2.78. The zero-order valence-corrected chi connectivity index (χ0v) is 12.6. The van der Waals surface area contributed by atoms with Crippen molar-refractivity contribution in [3.05, 3.63) is 35.9 Å². The monoisotopic (exact) mass is 299 g/mol. The third-order valence-electron chi connectivity index (χ3n) is 2.92. The van der Waals surface area contributed by atoms with Gasteiger partial charge >= 0.3 is 0 Å². The maximum absolute atomic E-state index is 12.1. The molecule has 0 spiro atoms. The van der Waals surface area contributed by atoms with Crippen molar-refractivity contribution in [2.45, 2.75) is 25.8 Å². The molecule has 0 radical (unpaired) electrons. The van der Waals surface area contributed by atoms with Crippen molar-refractivity contribution in [1.82, 2.24) is 9.03 Å². The molecule has 0 bridgehead atoms. The lowest BCUT2D eigenvalue weighted by molar-refractivity contribution is -0.119. The van der Waals surface area contributed by atoms with Gasteiger partial charge in [-0.2, -0.15) is 17.4 Å². The molecular formula is C13H21N3O3S. The molecule has 0 aliphatic carbocycles. The molecular weight excluding hydrogens is 278 g/mol. The van der Waals surface area contributed by atoms with Gasteiger partial charge in [0.1, 0.15) is 6.04 Å². The van der Waals surface area contributed by atoms with Crippen LogP contribution < -0.4 is 10.5 Å². The number of amides is 1. The van der Waals surface area contributed by atoms with Crippen molar-refractivity contribution < 1.29 is 13.2 Å². The van der Waals surface area contributed by atoms with E-state index >= 15 is 0 Å². The maximum Gasteiger partial charge on any atom is 0.280 e. The van der Waals surface area contributed by atoms with Crippen LogP contribution in [0.5, 0.6) is 0 Å². The van der Waals surface area contributed by atoms with Crippen LogP contribution in [-0.4, -0.2) is 32.2 Å². The van der Waals surface area contributed by atoms with Gasteiger partial charge in [0.15, 0.2) is 0 Å². The number of nitrogens with one attached hydrogen (secondary N) is 1. The van der Waals surface area contributed by atoms with Gasteiger partial charge in [-0.3, -0.25) is 4.79 Å². The number of nitrogens with two attached hydrogens (primary N) is 1. The highest BCUT2D eigenvalue weighted by Crippen LogP contribution is 2.14. The molecule has 0 aliphatic heterocycles. The first kappa shape index (κ1) is 16.6. The predicted octanol–water partition coefficient (Wildman–Crippen LogP) is 0.779. The second-order valence-electron chi connectivity index (χ2n) is 4.54. The normalized spacial score (nSPS) is 13.3. The summed E-state index contributed by atoms with van der Waals surface area (Å²) >= 11 is 0. The van der Waals surface area contributed by atoms with Crippen LogP contribution in [0.2, 0.25) is 0 Å². The van der Waals surface area contributed by atoms with Crippen molar-refractivity contribution in [1.29, 1.82) is 0 Å². The number of unbranched alkanes of at least 4 members (excludes halogenated alkanes) is 1. The average Bonchev–Trinajstić information content (AvgIpc) is 2.42. The lowest BCUT2D eigenvalue weighted by Crippen LogP contribution is -2.44. The molecule has 20 heavy (non-hydrogen) atoms. The molecule has 1 atom stereocenters. The summed E-state index contributed by atoms with van der Waals surface area (Å²) in [4.78, 5) is 11.5. The Kier molecular flexibility index (Phi) is 6.12. The van der Waals surface area contributed by atoms with Crippen LogP contribution in [0.4, 0.5) is 0 Å². The number of hydrogen-bond acceptors (Lipinski definition) is 3. The van der Waals surface area contributed by atoms with E-state index in [1.807, 2.05) is 6.92 Å². The third kappa shape index (κ3) is 4.59. The Hall–Kier alpha value is -1.44. The van der Waals surface area contributed by atoms with Gasteiger partial charge in [-0.1, -0.05) is 43.7 Å². The maximum atomic E-state index is 12.1. The van der Waals surface area contributed by atoms with E-state index in [0.29, 0.717) is 12.1 Å². The molecule has 0 fully saturated rings. The zero-order valence-electron chi connectivity index (χ0n) is 11.7. The van der Waals surface area contributed by atoms with Crippen molar-refractivity contribution in [3.8, 4) is 0 Å². The molecule has 6 nitrogen and oxygen atoms in total. The Morgan fingerprint density at radius 1 is 1.35 bits per heavy atom. The largest absolute Gasteiger partial charge is 0.368 e. The molecule has 0 aromatic heterocycles. The minimum absolute atomic E-state index is 0.395. The molecule has 0 aliphatic rings. The fraction of sp³-hybridized carbons (Fsp3) is 0.462. The minimum atomic E-state index is -3.74. The standard InChI is InChI=1S/C13H21N3O3S/c1-3-4-10-16(2)20(18,19)15-12(13(14)17)11-8-6-5-7-9-11/h5-9,12,15H,3-4,10H2,1-2H3,(H2,14,17). The highest BCUT2D eigenvalue weighted by molar-refractivity contribution is 7.87. The van der Waals surface area contributed by atoms with Gasteiger partial charge in [0, 0.05) is 13.6 Å². The van der Waals surface area contributed by atoms with Gasteiger partial charge in [0.25, 0.3) is 10.2 Å². The molecule has 0 heterocycles. The summed E-state index contributed by atoms with van der Waals surface area (Å²) < 4.78 is 27.8. The van der Waals surface area contributed by atoms with Crippen LogP contribution in [0.15, 0.2) is 30.3 Å². The van der Waals surface area contributed by atoms with E-state index in [9.17, 15) is 13.2 Å². The lowest BCUT2D eigenvalue weighted by atomic mass is 10.1. The van der Waals surface area contributed by atoms with E-state index in [2.05, 4.69) is 4.72 Å². The summed E-state index contributed by atoms with van der Waals surface area (Å²) in [6.07, 6.45) is 1.64. The SMILES string of the molecule is CCCCN(C)S(=O)(=O)NC(C(N)=O)c1ccccc1. The van der Waals surface area contributed by atoms with Gasteiger partial charge < -0.3 is 5.73 Å². The van der Waals surface area contributed by atoms with Crippen LogP contribution in [0.25, 0.3) is 0 Å². The number of rotatable bonds is 8. The Morgan fingerprint density at radius 2 is 1.95 bits per heavy atom. The molecule has 1 aromatic carbocycles. The fourth-order valence-electron chi connectivity index (χ4n) is 1.68. The molecule has 7 heteroatoms. The number of benzene rings is 1. The summed E-state index contributed by atoms with van der Waals surface area (Å²) in [5.74, 6) is -0.733. The average molecular weight is 299 g/mol. The topological polar surface area (TPSA) is 92.5 Å².